The van der Waals surface area contributed by atoms with Gasteiger partial charge in [-0.15, -0.1) is 0 Å². The van der Waals surface area contributed by atoms with E-state index >= 15 is 0 Å². The smallest absolute Gasteiger partial charge is 0.287 e. The molecule has 0 spiro atoms. The molecule has 0 fully saturated rings. The largest absolute Gasteiger partial charge is 0.493 e. The van der Waals surface area contributed by atoms with E-state index in [1.807, 2.05) is 18.2 Å². The highest BCUT2D eigenvalue weighted by atomic mass is 19.1. The Labute approximate surface area is 168 Å². The van der Waals surface area contributed by atoms with Crippen molar-refractivity contribution < 1.29 is 27.8 Å². The van der Waals surface area contributed by atoms with Gasteiger partial charge < -0.3 is 23.9 Å². The first-order valence-electron chi connectivity index (χ1n) is 9.05. The minimum atomic E-state index is -0.331. The Morgan fingerprint density at radius 1 is 1.00 bits per heavy atom. The fraction of sp³-hybridized carbons (Fsp3) is 0.227. The molecule has 1 N–H and O–H groups in total. The highest BCUT2D eigenvalue weighted by Gasteiger charge is 2.12. The number of benzene rings is 2. The van der Waals surface area contributed by atoms with Crippen LogP contribution in [0.4, 0.5) is 4.39 Å². The molecule has 3 rings (SSSR count). The van der Waals surface area contributed by atoms with Crippen molar-refractivity contribution in [2.24, 2.45) is 0 Å². The van der Waals surface area contributed by atoms with Gasteiger partial charge in [-0.05, 0) is 60.5 Å². The maximum absolute atomic E-state index is 12.9. The monoisotopic (exact) mass is 399 g/mol. The third kappa shape index (κ3) is 5.51. The van der Waals surface area contributed by atoms with Crippen LogP contribution in [0, 0.1) is 5.82 Å². The molecule has 3 aromatic rings. The quantitative estimate of drug-likeness (QED) is 0.589. The number of nitrogens with one attached hydrogen (secondary N) is 1. The summed E-state index contributed by atoms with van der Waals surface area (Å²) in [4.78, 5) is 12.3. The number of hydrogen-bond acceptors (Lipinski definition) is 5. The zero-order valence-corrected chi connectivity index (χ0v) is 16.2. The molecule has 0 saturated carbocycles. The van der Waals surface area contributed by atoms with Gasteiger partial charge in [0.05, 0.1) is 14.2 Å². The van der Waals surface area contributed by atoms with Gasteiger partial charge in [-0.2, -0.15) is 0 Å². The van der Waals surface area contributed by atoms with Gasteiger partial charge >= 0.3 is 0 Å². The lowest BCUT2D eigenvalue weighted by Gasteiger charge is -2.09. The van der Waals surface area contributed by atoms with E-state index in [0.717, 1.165) is 5.56 Å². The SMILES string of the molecule is COc1ccc(CCNC(=O)c2ccc(COc3ccc(F)cc3)o2)cc1OC. The second-order valence-corrected chi connectivity index (χ2v) is 6.20. The van der Waals surface area contributed by atoms with Crippen LogP contribution in [-0.4, -0.2) is 26.7 Å². The standard InChI is InChI=1S/C22H22FNO5/c1-26-19-9-3-15(13-21(19)27-2)11-12-24-22(25)20-10-8-18(29-20)14-28-17-6-4-16(23)5-7-17/h3-10,13H,11-12,14H2,1-2H3,(H,24,25). The average Bonchev–Trinajstić information content (AvgIpc) is 3.22. The summed E-state index contributed by atoms with van der Waals surface area (Å²) in [5.41, 5.74) is 1.01. The Bertz CT molecular complexity index is 952. The Balaban J connectivity index is 1.48. The maximum atomic E-state index is 12.9. The number of carbonyl (C=O) groups excluding carboxylic acids is 1. The lowest BCUT2D eigenvalue weighted by atomic mass is 10.1. The number of hydrogen-bond donors (Lipinski definition) is 1. The summed E-state index contributed by atoms with van der Waals surface area (Å²) in [5.74, 6) is 1.89. The van der Waals surface area contributed by atoms with Crippen LogP contribution in [0.25, 0.3) is 0 Å². The van der Waals surface area contributed by atoms with Gasteiger partial charge in [0.1, 0.15) is 23.9 Å². The number of halogens is 1. The summed E-state index contributed by atoms with van der Waals surface area (Å²) in [6, 6.07) is 14.6. The lowest BCUT2D eigenvalue weighted by molar-refractivity contribution is 0.0922. The van der Waals surface area contributed by atoms with Crippen LogP contribution in [-0.2, 0) is 13.0 Å². The van der Waals surface area contributed by atoms with Crippen LogP contribution in [0.5, 0.6) is 17.2 Å². The Hall–Kier alpha value is -3.48. The maximum Gasteiger partial charge on any atom is 0.287 e. The lowest BCUT2D eigenvalue weighted by Crippen LogP contribution is -2.25. The molecule has 29 heavy (non-hydrogen) atoms. The molecule has 1 heterocycles. The molecule has 0 aliphatic carbocycles. The number of methoxy groups -OCH3 is 2. The molecule has 6 nitrogen and oxygen atoms in total. The van der Waals surface area contributed by atoms with E-state index in [0.29, 0.717) is 36.0 Å². The minimum absolute atomic E-state index is 0.143. The van der Waals surface area contributed by atoms with Crippen LogP contribution >= 0.6 is 0 Å². The highest BCUT2D eigenvalue weighted by Crippen LogP contribution is 2.27. The molecule has 152 valence electrons. The third-order valence-electron chi connectivity index (χ3n) is 4.23. The predicted molar refractivity (Wildman–Crippen MR) is 105 cm³/mol. The summed E-state index contributed by atoms with van der Waals surface area (Å²) < 4.78 is 34.4. The topological polar surface area (TPSA) is 69.9 Å². The molecule has 0 bridgehead atoms. The van der Waals surface area contributed by atoms with Crippen molar-refractivity contribution in [1.29, 1.82) is 0 Å². The zero-order chi connectivity index (χ0) is 20.6. The van der Waals surface area contributed by atoms with Crippen LogP contribution in [0.15, 0.2) is 59.0 Å². The molecule has 0 atom stereocenters. The molecular weight excluding hydrogens is 377 g/mol. The van der Waals surface area contributed by atoms with Gasteiger partial charge in [-0.3, -0.25) is 4.79 Å². The van der Waals surface area contributed by atoms with E-state index in [9.17, 15) is 9.18 Å². The number of amides is 1. The van der Waals surface area contributed by atoms with Gasteiger partial charge in [0, 0.05) is 6.54 Å². The molecule has 0 aliphatic rings. The summed E-state index contributed by atoms with van der Waals surface area (Å²) in [5, 5.41) is 2.82. The summed E-state index contributed by atoms with van der Waals surface area (Å²) in [6.07, 6.45) is 0.632. The first kappa shape index (κ1) is 20.3. The fourth-order valence-electron chi connectivity index (χ4n) is 2.71. The van der Waals surface area contributed by atoms with Crippen LogP contribution in [0.3, 0.4) is 0 Å². The second kappa shape index (κ2) is 9.64. The highest BCUT2D eigenvalue weighted by molar-refractivity contribution is 5.91. The first-order chi connectivity index (χ1) is 14.1. The molecule has 7 heteroatoms. The Morgan fingerprint density at radius 3 is 2.48 bits per heavy atom. The molecule has 2 aromatic carbocycles. The molecule has 0 aliphatic heterocycles. The van der Waals surface area contributed by atoms with Crippen molar-refractivity contribution in [3.05, 3.63) is 77.5 Å². The van der Waals surface area contributed by atoms with Crippen molar-refractivity contribution in [3.8, 4) is 17.2 Å². The molecule has 0 unspecified atom stereocenters. The average molecular weight is 399 g/mol. The van der Waals surface area contributed by atoms with E-state index in [1.165, 1.54) is 24.3 Å². The van der Waals surface area contributed by atoms with E-state index in [-0.39, 0.29) is 24.1 Å². The van der Waals surface area contributed by atoms with Gasteiger partial charge in [0.25, 0.3) is 5.91 Å². The number of ether oxygens (including phenoxy) is 3. The Kier molecular flexibility index (Phi) is 6.73. The molecule has 1 aromatic heterocycles. The summed E-state index contributed by atoms with van der Waals surface area (Å²) >= 11 is 0. The number of furan rings is 1. The van der Waals surface area contributed by atoms with Crippen LogP contribution in [0.2, 0.25) is 0 Å². The third-order valence-corrected chi connectivity index (χ3v) is 4.23. The molecule has 0 radical (unpaired) electrons. The van der Waals surface area contributed by atoms with Crippen molar-refractivity contribution in [2.75, 3.05) is 20.8 Å². The van der Waals surface area contributed by atoms with E-state index in [4.69, 9.17) is 18.6 Å². The minimum Gasteiger partial charge on any atom is -0.493 e. The van der Waals surface area contributed by atoms with Crippen LogP contribution in [0.1, 0.15) is 21.9 Å². The number of rotatable bonds is 9. The fourth-order valence-corrected chi connectivity index (χ4v) is 2.71. The van der Waals surface area contributed by atoms with Crippen molar-refractivity contribution >= 4 is 5.91 Å². The van der Waals surface area contributed by atoms with Gasteiger partial charge in [-0.1, -0.05) is 6.07 Å². The van der Waals surface area contributed by atoms with E-state index < -0.39 is 0 Å². The van der Waals surface area contributed by atoms with E-state index in [1.54, 1.807) is 26.4 Å². The summed E-state index contributed by atoms with van der Waals surface area (Å²) in [6.45, 7) is 0.584. The van der Waals surface area contributed by atoms with Crippen molar-refractivity contribution in [3.63, 3.8) is 0 Å². The zero-order valence-electron chi connectivity index (χ0n) is 16.2. The van der Waals surface area contributed by atoms with Crippen molar-refractivity contribution in [2.45, 2.75) is 13.0 Å². The molecule has 0 saturated heterocycles. The molecule has 1 amide bonds. The first-order valence-corrected chi connectivity index (χ1v) is 9.05. The van der Waals surface area contributed by atoms with Crippen LogP contribution < -0.4 is 19.5 Å². The summed E-state index contributed by atoms with van der Waals surface area (Å²) in [7, 11) is 3.16. The Morgan fingerprint density at radius 2 is 1.76 bits per heavy atom. The normalized spacial score (nSPS) is 10.4. The molecular formula is C22H22FNO5. The second-order valence-electron chi connectivity index (χ2n) is 6.20. The predicted octanol–water partition coefficient (Wildman–Crippen LogP) is 3.99. The van der Waals surface area contributed by atoms with Crippen molar-refractivity contribution in [1.82, 2.24) is 5.32 Å². The van der Waals surface area contributed by atoms with E-state index in [2.05, 4.69) is 5.32 Å². The van der Waals surface area contributed by atoms with Gasteiger partial charge in [-0.25, -0.2) is 4.39 Å². The van der Waals surface area contributed by atoms with Gasteiger partial charge in [0.2, 0.25) is 0 Å². The van der Waals surface area contributed by atoms with Gasteiger partial charge in [0.15, 0.2) is 17.3 Å². The number of carbonyl (C=O) groups is 1.